The lowest BCUT2D eigenvalue weighted by atomic mass is 10.2. The first kappa shape index (κ1) is 17.5. The van der Waals surface area contributed by atoms with Gasteiger partial charge in [0.2, 0.25) is 5.91 Å². The molecule has 3 rings (SSSR count). The van der Waals surface area contributed by atoms with Crippen molar-refractivity contribution >= 4 is 5.91 Å². The highest BCUT2D eigenvalue weighted by Crippen LogP contribution is 2.09. The molecule has 0 aliphatic carbocycles. The van der Waals surface area contributed by atoms with Gasteiger partial charge in [-0.3, -0.25) is 14.4 Å². The molecule has 1 aliphatic rings. The zero-order valence-corrected chi connectivity index (χ0v) is 14.8. The van der Waals surface area contributed by atoms with E-state index in [1.165, 1.54) is 0 Å². The molecule has 0 radical (unpaired) electrons. The zero-order chi connectivity index (χ0) is 17.5. The Kier molecular flexibility index (Phi) is 6.06. The van der Waals surface area contributed by atoms with Crippen molar-refractivity contribution < 1.29 is 9.53 Å². The summed E-state index contributed by atoms with van der Waals surface area (Å²) < 4.78 is 7.63. The van der Waals surface area contributed by atoms with Crippen molar-refractivity contribution in [1.29, 1.82) is 0 Å². The number of rotatable bonds is 7. The molecular weight excluding hydrogens is 316 g/mol. The highest BCUT2D eigenvalue weighted by Gasteiger charge is 2.20. The van der Waals surface area contributed by atoms with E-state index in [1.807, 2.05) is 52.9 Å². The van der Waals surface area contributed by atoms with Crippen LogP contribution in [-0.2, 0) is 11.3 Å². The molecule has 2 heterocycles. The average Bonchev–Trinajstić information content (AvgIpc) is 3.06. The lowest BCUT2D eigenvalue weighted by molar-refractivity contribution is -0.133. The Morgan fingerprint density at radius 3 is 2.52 bits per heavy atom. The largest absolute Gasteiger partial charge is 0.492 e. The second-order valence-corrected chi connectivity index (χ2v) is 6.33. The van der Waals surface area contributed by atoms with Crippen LogP contribution in [0.15, 0.2) is 42.6 Å². The number of para-hydroxylation sites is 1. The zero-order valence-electron chi connectivity index (χ0n) is 14.8. The fourth-order valence-electron chi connectivity index (χ4n) is 3.02. The SMILES string of the molecule is Cc1ccnn1CCC(=O)N1CCN(CCOc2ccccc2)CC1. The molecule has 134 valence electrons. The maximum atomic E-state index is 12.4. The summed E-state index contributed by atoms with van der Waals surface area (Å²) in [5.41, 5.74) is 1.09. The minimum absolute atomic E-state index is 0.218. The van der Waals surface area contributed by atoms with Crippen LogP contribution in [0.3, 0.4) is 0 Å². The lowest BCUT2D eigenvalue weighted by Gasteiger charge is -2.34. The molecular formula is C19H26N4O2. The van der Waals surface area contributed by atoms with Crippen LogP contribution in [-0.4, -0.2) is 64.8 Å². The molecule has 0 saturated carbocycles. The summed E-state index contributed by atoms with van der Waals surface area (Å²) >= 11 is 0. The fourth-order valence-corrected chi connectivity index (χ4v) is 3.02. The molecule has 6 nitrogen and oxygen atoms in total. The van der Waals surface area contributed by atoms with Crippen LogP contribution >= 0.6 is 0 Å². The van der Waals surface area contributed by atoms with Gasteiger partial charge >= 0.3 is 0 Å². The maximum Gasteiger partial charge on any atom is 0.224 e. The maximum absolute atomic E-state index is 12.4. The van der Waals surface area contributed by atoms with Crippen molar-refractivity contribution in [3.63, 3.8) is 0 Å². The van der Waals surface area contributed by atoms with Crippen LogP contribution in [0.4, 0.5) is 0 Å². The molecule has 6 heteroatoms. The van der Waals surface area contributed by atoms with Gasteiger partial charge in [0, 0.05) is 57.6 Å². The summed E-state index contributed by atoms with van der Waals surface area (Å²) in [5, 5.41) is 4.23. The van der Waals surface area contributed by atoms with E-state index in [9.17, 15) is 4.79 Å². The second kappa shape index (κ2) is 8.67. The quantitative estimate of drug-likeness (QED) is 0.770. The van der Waals surface area contributed by atoms with Crippen molar-refractivity contribution in [2.75, 3.05) is 39.3 Å². The number of hydrogen-bond donors (Lipinski definition) is 0. The number of nitrogens with zero attached hydrogens (tertiary/aromatic N) is 4. The first-order valence-electron chi connectivity index (χ1n) is 8.89. The number of benzene rings is 1. The van der Waals surface area contributed by atoms with Gasteiger partial charge in [-0.2, -0.15) is 5.10 Å². The summed E-state index contributed by atoms with van der Waals surface area (Å²) in [6, 6.07) is 11.8. The number of carbonyl (C=O) groups is 1. The summed E-state index contributed by atoms with van der Waals surface area (Å²) in [5.74, 6) is 1.13. The number of piperazine rings is 1. The molecule has 1 aliphatic heterocycles. The van der Waals surface area contributed by atoms with Crippen molar-refractivity contribution in [3.05, 3.63) is 48.3 Å². The third-order valence-electron chi connectivity index (χ3n) is 4.61. The normalized spacial score (nSPS) is 15.3. The van der Waals surface area contributed by atoms with Crippen molar-refractivity contribution in [1.82, 2.24) is 19.6 Å². The van der Waals surface area contributed by atoms with Gasteiger partial charge in [0.15, 0.2) is 0 Å². The van der Waals surface area contributed by atoms with E-state index in [2.05, 4.69) is 10.00 Å². The molecule has 0 bridgehead atoms. The van der Waals surface area contributed by atoms with E-state index in [1.54, 1.807) is 6.20 Å². The van der Waals surface area contributed by atoms with Gasteiger partial charge in [-0.25, -0.2) is 0 Å². The molecule has 2 aromatic rings. The van der Waals surface area contributed by atoms with Gasteiger partial charge in [-0.05, 0) is 25.1 Å². The number of carbonyl (C=O) groups excluding carboxylic acids is 1. The van der Waals surface area contributed by atoms with E-state index < -0.39 is 0 Å². The van der Waals surface area contributed by atoms with Crippen molar-refractivity contribution in [2.45, 2.75) is 19.9 Å². The molecule has 0 spiro atoms. The van der Waals surface area contributed by atoms with Gasteiger partial charge in [0.05, 0.1) is 0 Å². The van der Waals surface area contributed by atoms with E-state index in [4.69, 9.17) is 4.74 Å². The Balaban J connectivity index is 1.34. The van der Waals surface area contributed by atoms with Crippen LogP contribution in [0.25, 0.3) is 0 Å². The van der Waals surface area contributed by atoms with Crippen molar-refractivity contribution in [3.8, 4) is 5.75 Å². The number of ether oxygens (including phenoxy) is 1. The summed E-state index contributed by atoms with van der Waals surface area (Å²) in [7, 11) is 0. The Morgan fingerprint density at radius 1 is 1.08 bits per heavy atom. The highest BCUT2D eigenvalue weighted by atomic mass is 16.5. The third kappa shape index (κ3) is 5.06. The van der Waals surface area contributed by atoms with Crippen LogP contribution in [0, 0.1) is 6.92 Å². The first-order valence-corrected chi connectivity index (χ1v) is 8.89. The smallest absolute Gasteiger partial charge is 0.224 e. The molecule has 0 atom stereocenters. The number of aryl methyl sites for hydroxylation is 2. The van der Waals surface area contributed by atoms with Crippen LogP contribution < -0.4 is 4.74 Å². The second-order valence-electron chi connectivity index (χ2n) is 6.33. The van der Waals surface area contributed by atoms with Gasteiger partial charge < -0.3 is 9.64 Å². The first-order chi connectivity index (χ1) is 12.2. The minimum Gasteiger partial charge on any atom is -0.492 e. The van der Waals surface area contributed by atoms with Crippen LogP contribution in [0.5, 0.6) is 5.75 Å². The third-order valence-corrected chi connectivity index (χ3v) is 4.61. The number of hydrogen-bond acceptors (Lipinski definition) is 4. The van der Waals surface area contributed by atoms with Crippen molar-refractivity contribution in [2.24, 2.45) is 0 Å². The Labute approximate surface area is 149 Å². The van der Waals surface area contributed by atoms with E-state index >= 15 is 0 Å². The highest BCUT2D eigenvalue weighted by molar-refractivity contribution is 5.76. The van der Waals surface area contributed by atoms with Gasteiger partial charge in [-0.1, -0.05) is 18.2 Å². The minimum atomic E-state index is 0.218. The van der Waals surface area contributed by atoms with E-state index in [-0.39, 0.29) is 5.91 Å². The van der Waals surface area contributed by atoms with Crippen LogP contribution in [0.2, 0.25) is 0 Å². The molecule has 1 amide bonds. The summed E-state index contributed by atoms with van der Waals surface area (Å²) in [6.07, 6.45) is 2.29. The average molecular weight is 342 g/mol. The Morgan fingerprint density at radius 2 is 1.84 bits per heavy atom. The van der Waals surface area contributed by atoms with Gasteiger partial charge in [-0.15, -0.1) is 0 Å². The monoisotopic (exact) mass is 342 g/mol. The molecule has 1 aromatic heterocycles. The van der Waals surface area contributed by atoms with Crippen LogP contribution in [0.1, 0.15) is 12.1 Å². The number of aromatic nitrogens is 2. The number of amides is 1. The predicted octanol–water partition coefficient (Wildman–Crippen LogP) is 1.80. The van der Waals surface area contributed by atoms with Gasteiger partial charge in [0.25, 0.3) is 0 Å². The van der Waals surface area contributed by atoms with Gasteiger partial charge in [0.1, 0.15) is 12.4 Å². The molecule has 1 saturated heterocycles. The van der Waals surface area contributed by atoms with E-state index in [0.717, 1.165) is 44.2 Å². The fraction of sp³-hybridized carbons (Fsp3) is 0.474. The molecule has 0 unspecified atom stereocenters. The van der Waals surface area contributed by atoms with E-state index in [0.29, 0.717) is 19.6 Å². The molecule has 25 heavy (non-hydrogen) atoms. The Hall–Kier alpha value is -2.34. The molecule has 1 aromatic carbocycles. The molecule has 1 fully saturated rings. The Bertz CT molecular complexity index is 663. The summed E-state index contributed by atoms with van der Waals surface area (Å²) in [6.45, 7) is 7.64. The standard InChI is InChI=1S/C19H26N4O2/c1-17-7-9-20-23(17)10-8-19(24)22-13-11-21(12-14-22)15-16-25-18-5-3-2-4-6-18/h2-7,9H,8,10-16H2,1H3. The molecule has 0 N–H and O–H groups in total. The predicted molar refractivity (Wildman–Crippen MR) is 96.5 cm³/mol. The lowest BCUT2D eigenvalue weighted by Crippen LogP contribution is -2.49. The topological polar surface area (TPSA) is 50.6 Å². The summed E-state index contributed by atoms with van der Waals surface area (Å²) in [4.78, 5) is 16.7.